The van der Waals surface area contributed by atoms with Crippen LogP contribution in [0, 0.1) is 5.92 Å². The van der Waals surface area contributed by atoms with Gasteiger partial charge in [0, 0.05) is 31.5 Å². The van der Waals surface area contributed by atoms with Crippen LogP contribution in [-0.2, 0) is 0 Å². The van der Waals surface area contributed by atoms with Gasteiger partial charge in [0.05, 0.1) is 12.2 Å². The Bertz CT molecular complexity index is 641. The predicted octanol–water partition coefficient (Wildman–Crippen LogP) is 3.06. The van der Waals surface area contributed by atoms with Gasteiger partial charge in [-0.05, 0) is 37.0 Å². The minimum atomic E-state index is 0.0123. The Labute approximate surface area is 140 Å². The van der Waals surface area contributed by atoms with Gasteiger partial charge in [-0.2, -0.15) is 0 Å². The van der Waals surface area contributed by atoms with Crippen LogP contribution in [0.25, 0.3) is 0 Å². The van der Waals surface area contributed by atoms with Crippen molar-refractivity contribution in [2.24, 2.45) is 5.92 Å². The van der Waals surface area contributed by atoms with E-state index < -0.39 is 0 Å². The van der Waals surface area contributed by atoms with E-state index in [0.717, 1.165) is 25.9 Å². The Kier molecular flexibility index (Phi) is 5.08. The molecule has 1 aliphatic heterocycles. The quantitative estimate of drug-likeness (QED) is 0.808. The van der Waals surface area contributed by atoms with Crippen LogP contribution in [0.3, 0.4) is 0 Å². The predicted molar refractivity (Wildman–Crippen MR) is 87.6 cm³/mol. The number of hydrogen-bond donors (Lipinski definition) is 0. The highest BCUT2D eigenvalue weighted by molar-refractivity contribution is 6.29. The first kappa shape index (κ1) is 15.7. The van der Waals surface area contributed by atoms with Gasteiger partial charge in [0.2, 0.25) is 5.88 Å². The first-order chi connectivity index (χ1) is 11.2. The molecule has 6 heteroatoms. The molecule has 2 aromatic rings. The summed E-state index contributed by atoms with van der Waals surface area (Å²) in [4.78, 5) is 22.4. The van der Waals surface area contributed by atoms with Gasteiger partial charge in [0.15, 0.2) is 0 Å². The van der Waals surface area contributed by atoms with Crippen LogP contribution >= 0.6 is 11.6 Å². The monoisotopic (exact) mass is 331 g/mol. The number of carbonyl (C=O) groups excluding carboxylic acids is 1. The Morgan fingerprint density at radius 2 is 2.04 bits per heavy atom. The van der Waals surface area contributed by atoms with E-state index in [9.17, 15) is 4.79 Å². The molecule has 5 nitrogen and oxygen atoms in total. The highest BCUT2D eigenvalue weighted by atomic mass is 35.5. The lowest BCUT2D eigenvalue weighted by Gasteiger charge is -2.31. The average Bonchev–Trinajstić information content (AvgIpc) is 2.61. The topological polar surface area (TPSA) is 55.3 Å². The summed E-state index contributed by atoms with van der Waals surface area (Å²) in [6.07, 6.45) is 5.11. The number of ether oxygens (including phenoxy) is 1. The molecule has 0 aromatic carbocycles. The molecule has 3 heterocycles. The molecular formula is C17H18ClN3O2. The number of hydrogen-bond acceptors (Lipinski definition) is 4. The summed E-state index contributed by atoms with van der Waals surface area (Å²) in [7, 11) is 0. The molecular weight excluding hydrogens is 314 g/mol. The summed E-state index contributed by atoms with van der Waals surface area (Å²) >= 11 is 5.75. The van der Waals surface area contributed by atoms with Crippen LogP contribution in [-0.4, -0.2) is 40.5 Å². The normalized spacial score (nSPS) is 15.4. The molecule has 1 fully saturated rings. The van der Waals surface area contributed by atoms with Crippen molar-refractivity contribution in [3.8, 4) is 5.88 Å². The smallest absolute Gasteiger partial charge is 0.255 e. The molecule has 0 radical (unpaired) electrons. The van der Waals surface area contributed by atoms with Crippen LogP contribution in [0.2, 0.25) is 5.15 Å². The van der Waals surface area contributed by atoms with Crippen molar-refractivity contribution >= 4 is 17.5 Å². The third-order valence-corrected chi connectivity index (χ3v) is 4.20. The molecule has 0 N–H and O–H groups in total. The van der Waals surface area contributed by atoms with E-state index in [1.165, 1.54) is 6.20 Å². The Morgan fingerprint density at radius 1 is 1.22 bits per heavy atom. The van der Waals surface area contributed by atoms with Crippen molar-refractivity contribution in [2.75, 3.05) is 19.7 Å². The van der Waals surface area contributed by atoms with Gasteiger partial charge in [-0.25, -0.2) is 9.97 Å². The lowest BCUT2D eigenvalue weighted by atomic mass is 9.97. The molecule has 0 spiro atoms. The molecule has 1 saturated heterocycles. The van der Waals surface area contributed by atoms with Gasteiger partial charge in [0.25, 0.3) is 5.91 Å². The fourth-order valence-electron chi connectivity index (χ4n) is 2.62. The zero-order valence-corrected chi connectivity index (χ0v) is 13.4. The first-order valence-electron chi connectivity index (χ1n) is 7.67. The maximum absolute atomic E-state index is 12.4. The van der Waals surface area contributed by atoms with Gasteiger partial charge in [-0.15, -0.1) is 0 Å². The molecule has 0 saturated carbocycles. The molecule has 1 aliphatic rings. The van der Waals surface area contributed by atoms with Crippen LogP contribution in [0.5, 0.6) is 5.88 Å². The van der Waals surface area contributed by atoms with Gasteiger partial charge in [-0.3, -0.25) is 4.79 Å². The van der Waals surface area contributed by atoms with E-state index >= 15 is 0 Å². The summed E-state index contributed by atoms with van der Waals surface area (Å²) in [6, 6.07) is 8.98. The van der Waals surface area contributed by atoms with Crippen LogP contribution in [0.1, 0.15) is 23.2 Å². The zero-order valence-electron chi connectivity index (χ0n) is 12.7. The third-order valence-electron chi connectivity index (χ3n) is 3.98. The van der Waals surface area contributed by atoms with Gasteiger partial charge >= 0.3 is 0 Å². The minimum Gasteiger partial charge on any atom is -0.477 e. The number of aromatic nitrogens is 2. The van der Waals surface area contributed by atoms with E-state index in [4.69, 9.17) is 16.3 Å². The van der Waals surface area contributed by atoms with Crippen molar-refractivity contribution in [1.82, 2.24) is 14.9 Å². The second-order valence-electron chi connectivity index (χ2n) is 5.58. The number of amides is 1. The van der Waals surface area contributed by atoms with E-state index in [-0.39, 0.29) is 5.91 Å². The van der Waals surface area contributed by atoms with Crippen LogP contribution < -0.4 is 4.74 Å². The highest BCUT2D eigenvalue weighted by Gasteiger charge is 2.24. The SMILES string of the molecule is O=C(c1ccc(Cl)nc1)N1CCC(COc2ccccn2)CC1. The minimum absolute atomic E-state index is 0.0123. The molecule has 120 valence electrons. The Morgan fingerprint density at radius 3 is 2.70 bits per heavy atom. The number of piperidine rings is 1. The van der Waals surface area contributed by atoms with Crippen LogP contribution in [0.15, 0.2) is 42.7 Å². The molecule has 0 bridgehead atoms. The lowest BCUT2D eigenvalue weighted by Crippen LogP contribution is -2.39. The number of halogens is 1. The Hall–Kier alpha value is -2.14. The third kappa shape index (κ3) is 4.20. The van der Waals surface area contributed by atoms with Gasteiger partial charge in [0.1, 0.15) is 5.15 Å². The van der Waals surface area contributed by atoms with Crippen molar-refractivity contribution in [2.45, 2.75) is 12.8 Å². The van der Waals surface area contributed by atoms with Gasteiger partial charge < -0.3 is 9.64 Å². The fraction of sp³-hybridized carbons (Fsp3) is 0.353. The number of nitrogens with zero attached hydrogens (tertiary/aromatic N) is 3. The summed E-state index contributed by atoms with van der Waals surface area (Å²) < 4.78 is 5.70. The number of pyridine rings is 2. The van der Waals surface area contributed by atoms with Crippen molar-refractivity contribution < 1.29 is 9.53 Å². The summed E-state index contributed by atoms with van der Waals surface area (Å²) in [5, 5.41) is 0.395. The summed E-state index contributed by atoms with van der Waals surface area (Å²) in [5.74, 6) is 1.11. The van der Waals surface area contributed by atoms with Crippen LogP contribution in [0.4, 0.5) is 0 Å². The van der Waals surface area contributed by atoms with E-state index in [0.29, 0.717) is 29.1 Å². The number of likely N-dealkylation sites (tertiary alicyclic amines) is 1. The zero-order chi connectivity index (χ0) is 16.1. The second kappa shape index (κ2) is 7.42. The first-order valence-corrected chi connectivity index (χ1v) is 8.05. The largest absolute Gasteiger partial charge is 0.477 e. The van der Waals surface area contributed by atoms with Crippen molar-refractivity contribution in [3.63, 3.8) is 0 Å². The summed E-state index contributed by atoms with van der Waals surface area (Å²) in [6.45, 7) is 2.11. The lowest BCUT2D eigenvalue weighted by molar-refractivity contribution is 0.0659. The molecule has 2 aromatic heterocycles. The molecule has 0 atom stereocenters. The van der Waals surface area contributed by atoms with E-state index in [1.54, 1.807) is 18.3 Å². The average molecular weight is 332 g/mol. The van der Waals surface area contributed by atoms with Crippen molar-refractivity contribution in [3.05, 3.63) is 53.4 Å². The van der Waals surface area contributed by atoms with Crippen molar-refractivity contribution in [1.29, 1.82) is 0 Å². The maximum Gasteiger partial charge on any atom is 0.255 e. The second-order valence-corrected chi connectivity index (χ2v) is 5.97. The molecule has 0 unspecified atom stereocenters. The highest BCUT2D eigenvalue weighted by Crippen LogP contribution is 2.20. The van der Waals surface area contributed by atoms with E-state index in [2.05, 4.69) is 9.97 Å². The fourth-order valence-corrected chi connectivity index (χ4v) is 2.74. The maximum atomic E-state index is 12.4. The molecule has 1 amide bonds. The van der Waals surface area contributed by atoms with Gasteiger partial charge in [-0.1, -0.05) is 17.7 Å². The molecule has 23 heavy (non-hydrogen) atoms. The number of carbonyl (C=O) groups is 1. The van der Waals surface area contributed by atoms with E-state index in [1.807, 2.05) is 23.1 Å². The summed E-state index contributed by atoms with van der Waals surface area (Å²) in [5.41, 5.74) is 0.581. The molecule has 3 rings (SSSR count). The Balaban J connectivity index is 1.48. The standard InChI is InChI=1S/C17H18ClN3O2/c18-15-5-4-14(11-20-15)17(22)21-9-6-13(7-10-21)12-23-16-3-1-2-8-19-16/h1-5,8,11,13H,6-7,9-10,12H2. The molecule has 0 aliphatic carbocycles. The number of rotatable bonds is 4.